The topological polar surface area (TPSA) is 25.2 Å². The third-order valence-corrected chi connectivity index (χ3v) is 4.09. The summed E-state index contributed by atoms with van der Waals surface area (Å²) in [4.78, 5) is 14.3. The molecule has 0 spiro atoms. The number of carbonyl (C=O) groups excluding carboxylic acids is 1. The van der Waals surface area contributed by atoms with Gasteiger partial charge in [-0.05, 0) is 52.5 Å². The van der Waals surface area contributed by atoms with Crippen molar-refractivity contribution in [3.63, 3.8) is 0 Å². The largest absolute Gasteiger partial charge is 0.339 e. The molecule has 0 N–H and O–H groups in total. The molecule has 110 valence electrons. The Morgan fingerprint density at radius 3 is 2.67 bits per heavy atom. The lowest BCUT2D eigenvalue weighted by Gasteiger charge is -2.18. The molecule has 0 aliphatic heterocycles. The number of aromatic nitrogens is 1. The van der Waals surface area contributed by atoms with Crippen molar-refractivity contribution < 1.29 is 9.18 Å². The molecule has 2 aromatic rings. The van der Waals surface area contributed by atoms with Crippen LogP contribution >= 0.6 is 15.9 Å². The van der Waals surface area contributed by atoms with Crippen molar-refractivity contribution in [2.24, 2.45) is 0 Å². The molecule has 1 amide bonds. The molecule has 1 heterocycles. The van der Waals surface area contributed by atoms with Crippen LogP contribution in [-0.2, 0) is 6.54 Å². The molecule has 0 unspecified atom stereocenters. The highest BCUT2D eigenvalue weighted by atomic mass is 79.9. The fourth-order valence-corrected chi connectivity index (χ4v) is 2.84. The van der Waals surface area contributed by atoms with Gasteiger partial charge < -0.3 is 9.47 Å². The Balaban J connectivity index is 1.76. The van der Waals surface area contributed by atoms with Crippen LogP contribution in [0.5, 0.6) is 0 Å². The van der Waals surface area contributed by atoms with Gasteiger partial charge in [-0.1, -0.05) is 12.1 Å². The maximum absolute atomic E-state index is 12.9. The third kappa shape index (κ3) is 3.18. The van der Waals surface area contributed by atoms with E-state index >= 15 is 0 Å². The molecule has 1 saturated carbocycles. The Bertz CT molecular complexity index is 661. The van der Waals surface area contributed by atoms with Crippen molar-refractivity contribution in [2.75, 3.05) is 7.05 Å². The SMILES string of the molecule is CN(Cc1ccc(F)cc1)C(=O)c1cc(Br)cn1C1CC1. The van der Waals surface area contributed by atoms with Crippen LogP contribution in [0.4, 0.5) is 4.39 Å². The first-order chi connectivity index (χ1) is 10.0. The van der Waals surface area contributed by atoms with Crippen LogP contribution in [0.15, 0.2) is 41.0 Å². The highest BCUT2D eigenvalue weighted by Gasteiger charge is 2.28. The zero-order valence-corrected chi connectivity index (χ0v) is 13.3. The van der Waals surface area contributed by atoms with Crippen molar-refractivity contribution in [1.82, 2.24) is 9.47 Å². The van der Waals surface area contributed by atoms with Crippen molar-refractivity contribution in [3.8, 4) is 0 Å². The summed E-state index contributed by atoms with van der Waals surface area (Å²) in [5, 5.41) is 0. The molecular weight excluding hydrogens is 335 g/mol. The predicted molar refractivity (Wildman–Crippen MR) is 82.6 cm³/mol. The lowest BCUT2D eigenvalue weighted by Crippen LogP contribution is -2.28. The molecule has 3 nitrogen and oxygen atoms in total. The summed E-state index contributed by atoms with van der Waals surface area (Å²) < 4.78 is 15.9. The van der Waals surface area contributed by atoms with Gasteiger partial charge in [0, 0.05) is 30.3 Å². The minimum Gasteiger partial charge on any atom is -0.339 e. The lowest BCUT2D eigenvalue weighted by atomic mass is 10.2. The lowest BCUT2D eigenvalue weighted by molar-refractivity contribution is 0.0774. The van der Waals surface area contributed by atoms with Crippen LogP contribution in [0.1, 0.15) is 34.9 Å². The summed E-state index contributed by atoms with van der Waals surface area (Å²) in [6.07, 6.45) is 4.22. The monoisotopic (exact) mass is 350 g/mol. The molecule has 0 saturated heterocycles. The Morgan fingerprint density at radius 1 is 1.38 bits per heavy atom. The standard InChI is InChI=1S/C16H16BrFN2O/c1-19(9-11-2-4-13(18)5-3-11)16(21)15-8-12(17)10-20(15)14-6-7-14/h2-5,8,10,14H,6-7,9H2,1H3. The van der Waals surface area contributed by atoms with Crippen LogP contribution in [0.25, 0.3) is 0 Å². The molecule has 3 rings (SSSR count). The molecule has 1 aliphatic rings. The molecule has 0 bridgehead atoms. The maximum Gasteiger partial charge on any atom is 0.270 e. The highest BCUT2D eigenvalue weighted by molar-refractivity contribution is 9.10. The van der Waals surface area contributed by atoms with Gasteiger partial charge in [-0.25, -0.2) is 4.39 Å². The van der Waals surface area contributed by atoms with E-state index in [0.717, 1.165) is 22.9 Å². The number of hydrogen-bond acceptors (Lipinski definition) is 1. The Labute approximate surface area is 131 Å². The van der Waals surface area contributed by atoms with E-state index in [1.807, 2.05) is 16.8 Å². The molecule has 1 aliphatic carbocycles. The van der Waals surface area contributed by atoms with Gasteiger partial charge in [0.2, 0.25) is 0 Å². The second-order valence-corrected chi connectivity index (χ2v) is 6.39. The van der Waals surface area contributed by atoms with Gasteiger partial charge in [0.05, 0.1) is 0 Å². The Morgan fingerprint density at radius 2 is 2.05 bits per heavy atom. The number of nitrogens with zero attached hydrogens (tertiary/aromatic N) is 2. The summed E-state index contributed by atoms with van der Waals surface area (Å²) in [5.41, 5.74) is 1.62. The van der Waals surface area contributed by atoms with Gasteiger partial charge >= 0.3 is 0 Å². The van der Waals surface area contributed by atoms with Crippen LogP contribution in [0, 0.1) is 5.82 Å². The normalized spacial score (nSPS) is 14.2. The van der Waals surface area contributed by atoms with Crippen molar-refractivity contribution in [3.05, 3.63) is 58.1 Å². The van der Waals surface area contributed by atoms with E-state index in [4.69, 9.17) is 0 Å². The first-order valence-electron chi connectivity index (χ1n) is 6.92. The van der Waals surface area contributed by atoms with E-state index in [2.05, 4.69) is 15.9 Å². The summed E-state index contributed by atoms with van der Waals surface area (Å²) in [5.74, 6) is -0.281. The molecule has 21 heavy (non-hydrogen) atoms. The van der Waals surface area contributed by atoms with E-state index < -0.39 is 0 Å². The molecule has 0 radical (unpaired) electrons. The maximum atomic E-state index is 12.9. The average Bonchev–Trinajstić information content (AvgIpc) is 3.23. The smallest absolute Gasteiger partial charge is 0.270 e. The number of benzene rings is 1. The third-order valence-electron chi connectivity index (χ3n) is 3.65. The van der Waals surface area contributed by atoms with Gasteiger partial charge in [0.15, 0.2) is 0 Å². The van der Waals surface area contributed by atoms with Crippen molar-refractivity contribution in [1.29, 1.82) is 0 Å². The number of carbonyl (C=O) groups is 1. The molecule has 1 fully saturated rings. The van der Waals surface area contributed by atoms with Crippen molar-refractivity contribution >= 4 is 21.8 Å². The zero-order valence-electron chi connectivity index (χ0n) is 11.7. The summed E-state index contributed by atoms with van der Waals surface area (Å²) in [6, 6.07) is 8.55. The fourth-order valence-electron chi connectivity index (χ4n) is 2.40. The van der Waals surface area contributed by atoms with Crippen LogP contribution < -0.4 is 0 Å². The van der Waals surface area contributed by atoms with Crippen LogP contribution in [0.3, 0.4) is 0 Å². The van der Waals surface area contributed by atoms with Gasteiger partial charge in [0.25, 0.3) is 5.91 Å². The average molecular weight is 351 g/mol. The minimum atomic E-state index is -0.265. The first kappa shape index (κ1) is 14.3. The first-order valence-corrected chi connectivity index (χ1v) is 7.71. The number of rotatable bonds is 4. The quantitative estimate of drug-likeness (QED) is 0.818. The second-order valence-electron chi connectivity index (χ2n) is 5.47. The predicted octanol–water partition coefficient (Wildman–Crippen LogP) is 4.00. The molecular formula is C16H16BrFN2O. The van der Waals surface area contributed by atoms with Crippen LogP contribution in [-0.4, -0.2) is 22.4 Å². The van der Waals surface area contributed by atoms with E-state index in [1.54, 1.807) is 24.1 Å². The summed E-state index contributed by atoms with van der Waals surface area (Å²) >= 11 is 3.44. The Kier molecular flexibility index (Phi) is 3.85. The number of hydrogen-bond donors (Lipinski definition) is 0. The van der Waals surface area contributed by atoms with Crippen LogP contribution in [0.2, 0.25) is 0 Å². The Hall–Kier alpha value is -1.62. The molecule has 1 aromatic heterocycles. The number of amides is 1. The molecule has 1 aromatic carbocycles. The minimum absolute atomic E-state index is 0.0167. The molecule has 5 heteroatoms. The zero-order chi connectivity index (χ0) is 15.0. The number of halogens is 2. The van der Waals surface area contributed by atoms with E-state index in [0.29, 0.717) is 18.3 Å². The summed E-state index contributed by atoms with van der Waals surface area (Å²) in [6.45, 7) is 0.465. The van der Waals surface area contributed by atoms with Gasteiger partial charge in [-0.15, -0.1) is 0 Å². The van der Waals surface area contributed by atoms with E-state index in [1.165, 1.54) is 12.1 Å². The van der Waals surface area contributed by atoms with E-state index in [9.17, 15) is 9.18 Å². The van der Waals surface area contributed by atoms with Gasteiger partial charge in [-0.2, -0.15) is 0 Å². The van der Waals surface area contributed by atoms with Gasteiger partial charge in [0.1, 0.15) is 11.5 Å². The fraction of sp³-hybridized carbons (Fsp3) is 0.312. The summed E-state index contributed by atoms with van der Waals surface area (Å²) in [7, 11) is 1.77. The van der Waals surface area contributed by atoms with Crippen molar-refractivity contribution in [2.45, 2.75) is 25.4 Å². The van der Waals surface area contributed by atoms with Gasteiger partial charge in [-0.3, -0.25) is 4.79 Å². The van der Waals surface area contributed by atoms with E-state index in [-0.39, 0.29) is 11.7 Å². The second kappa shape index (κ2) is 5.64. The highest BCUT2D eigenvalue weighted by Crippen LogP contribution is 2.37. The molecule has 0 atom stereocenters.